The van der Waals surface area contributed by atoms with E-state index in [1.165, 1.54) is 5.56 Å². The Hall–Kier alpha value is -3.27. The number of aryl methyl sites for hydroxylation is 1. The van der Waals surface area contributed by atoms with E-state index in [9.17, 15) is 4.79 Å². The van der Waals surface area contributed by atoms with E-state index in [0.717, 1.165) is 40.3 Å². The van der Waals surface area contributed by atoms with Gasteiger partial charge >= 0.3 is 0 Å². The largest absolute Gasteiger partial charge is 0.491 e. The van der Waals surface area contributed by atoms with Crippen LogP contribution < -0.4 is 10.1 Å². The third-order valence-corrected chi connectivity index (χ3v) is 4.87. The van der Waals surface area contributed by atoms with Gasteiger partial charge in [-0.3, -0.25) is 4.79 Å². The average Bonchev–Trinajstić information content (AvgIpc) is 3.17. The van der Waals surface area contributed by atoms with Crippen LogP contribution in [0.15, 0.2) is 71.1 Å². The summed E-state index contributed by atoms with van der Waals surface area (Å²) in [5.74, 6) is 1.06. The number of hydrogen-bond acceptors (Lipinski definition) is 3. The van der Waals surface area contributed by atoms with Gasteiger partial charge in [-0.2, -0.15) is 0 Å². The van der Waals surface area contributed by atoms with Gasteiger partial charge in [-0.1, -0.05) is 42.5 Å². The fraction of sp³-hybridized carbons (Fsp3) is 0.240. The van der Waals surface area contributed by atoms with Gasteiger partial charge in [0.15, 0.2) is 5.76 Å². The Labute approximate surface area is 170 Å². The van der Waals surface area contributed by atoms with E-state index in [1.54, 1.807) is 0 Å². The molecule has 0 bridgehead atoms. The van der Waals surface area contributed by atoms with Crippen LogP contribution in [-0.2, 0) is 6.42 Å². The molecule has 0 saturated carbocycles. The number of carbonyl (C=O) groups is 1. The second kappa shape index (κ2) is 8.39. The molecule has 0 aliphatic carbocycles. The van der Waals surface area contributed by atoms with Gasteiger partial charge in [-0.15, -0.1) is 0 Å². The number of nitrogens with one attached hydrogen (secondary N) is 1. The molecule has 0 atom stereocenters. The average molecular weight is 387 g/mol. The monoisotopic (exact) mass is 387 g/mol. The Balaban J connectivity index is 1.33. The quantitative estimate of drug-likeness (QED) is 0.412. The minimum atomic E-state index is -0.175. The van der Waals surface area contributed by atoms with E-state index < -0.39 is 0 Å². The normalized spacial score (nSPS) is 11.3. The van der Waals surface area contributed by atoms with Crippen molar-refractivity contribution < 1.29 is 13.9 Å². The Morgan fingerprint density at radius 2 is 1.79 bits per heavy atom. The molecule has 3 aromatic carbocycles. The first kappa shape index (κ1) is 19.1. The summed E-state index contributed by atoms with van der Waals surface area (Å²) in [6.45, 7) is 4.63. The van der Waals surface area contributed by atoms with Crippen LogP contribution in [0.1, 0.15) is 36.4 Å². The SMILES string of the molecule is CC(C)Oc1ccc(CCCNC(=O)c2cc3c(ccc4ccccc43)o2)cc1. The summed E-state index contributed by atoms with van der Waals surface area (Å²) < 4.78 is 11.4. The number of fused-ring (bicyclic) bond motifs is 3. The molecule has 0 aliphatic heterocycles. The van der Waals surface area contributed by atoms with E-state index in [2.05, 4.69) is 23.5 Å². The van der Waals surface area contributed by atoms with Gasteiger partial charge in [0.25, 0.3) is 5.91 Å². The zero-order chi connectivity index (χ0) is 20.2. The predicted octanol–water partition coefficient (Wildman–Crippen LogP) is 5.74. The molecule has 1 amide bonds. The summed E-state index contributed by atoms with van der Waals surface area (Å²) >= 11 is 0. The molecule has 4 nitrogen and oxygen atoms in total. The Morgan fingerprint density at radius 3 is 2.59 bits per heavy atom. The van der Waals surface area contributed by atoms with Crippen LogP contribution in [-0.4, -0.2) is 18.6 Å². The lowest BCUT2D eigenvalue weighted by atomic mass is 10.1. The molecule has 0 saturated heterocycles. The summed E-state index contributed by atoms with van der Waals surface area (Å²) in [5, 5.41) is 6.16. The second-order valence-corrected chi connectivity index (χ2v) is 7.48. The predicted molar refractivity (Wildman–Crippen MR) is 117 cm³/mol. The summed E-state index contributed by atoms with van der Waals surface area (Å²) in [5.41, 5.74) is 1.96. The van der Waals surface area contributed by atoms with Crippen LogP contribution in [0.4, 0.5) is 0 Å². The van der Waals surface area contributed by atoms with E-state index in [4.69, 9.17) is 9.15 Å². The minimum Gasteiger partial charge on any atom is -0.491 e. The zero-order valence-corrected chi connectivity index (χ0v) is 16.8. The van der Waals surface area contributed by atoms with E-state index >= 15 is 0 Å². The molecule has 29 heavy (non-hydrogen) atoms. The molecule has 0 spiro atoms. The fourth-order valence-corrected chi connectivity index (χ4v) is 3.49. The van der Waals surface area contributed by atoms with Crippen molar-refractivity contribution in [2.45, 2.75) is 32.8 Å². The van der Waals surface area contributed by atoms with Gasteiger partial charge in [0.2, 0.25) is 0 Å². The minimum absolute atomic E-state index is 0.173. The first-order valence-corrected chi connectivity index (χ1v) is 10.1. The lowest BCUT2D eigenvalue weighted by Gasteiger charge is -2.10. The fourth-order valence-electron chi connectivity index (χ4n) is 3.49. The van der Waals surface area contributed by atoms with Crippen LogP contribution in [0, 0.1) is 0 Å². The highest BCUT2D eigenvalue weighted by Crippen LogP contribution is 2.28. The van der Waals surface area contributed by atoms with Crippen LogP contribution >= 0.6 is 0 Å². The van der Waals surface area contributed by atoms with Gasteiger partial charge in [-0.05, 0) is 67.3 Å². The summed E-state index contributed by atoms with van der Waals surface area (Å²) in [7, 11) is 0. The molecule has 4 rings (SSSR count). The number of rotatable bonds is 7. The molecule has 4 aromatic rings. The van der Waals surface area contributed by atoms with Gasteiger partial charge < -0.3 is 14.5 Å². The van der Waals surface area contributed by atoms with Gasteiger partial charge in [-0.25, -0.2) is 0 Å². The van der Waals surface area contributed by atoms with Crippen LogP contribution in [0.2, 0.25) is 0 Å². The molecule has 148 valence electrons. The smallest absolute Gasteiger partial charge is 0.287 e. The third kappa shape index (κ3) is 4.43. The highest BCUT2D eigenvalue weighted by atomic mass is 16.5. The van der Waals surface area contributed by atoms with Gasteiger partial charge in [0, 0.05) is 11.9 Å². The number of carbonyl (C=O) groups excluding carboxylic acids is 1. The molecule has 4 heteroatoms. The lowest BCUT2D eigenvalue weighted by molar-refractivity contribution is 0.0927. The maximum Gasteiger partial charge on any atom is 0.287 e. The number of furan rings is 1. The Kier molecular flexibility index (Phi) is 5.52. The maximum absolute atomic E-state index is 12.5. The van der Waals surface area contributed by atoms with E-state index in [-0.39, 0.29) is 12.0 Å². The third-order valence-electron chi connectivity index (χ3n) is 4.87. The van der Waals surface area contributed by atoms with Crippen molar-refractivity contribution in [1.82, 2.24) is 5.32 Å². The number of benzene rings is 3. The topological polar surface area (TPSA) is 51.5 Å². The highest BCUT2D eigenvalue weighted by molar-refractivity contribution is 6.08. The van der Waals surface area contributed by atoms with Crippen molar-refractivity contribution in [2.24, 2.45) is 0 Å². The second-order valence-electron chi connectivity index (χ2n) is 7.48. The van der Waals surface area contributed by atoms with Crippen molar-refractivity contribution in [1.29, 1.82) is 0 Å². The maximum atomic E-state index is 12.5. The van der Waals surface area contributed by atoms with Crippen LogP contribution in [0.5, 0.6) is 5.75 Å². The molecule has 0 unspecified atom stereocenters. The number of ether oxygens (including phenoxy) is 1. The van der Waals surface area contributed by atoms with Crippen LogP contribution in [0.25, 0.3) is 21.7 Å². The molecular formula is C25H25NO3. The standard InChI is InChI=1S/C25H25NO3/c1-17(2)28-20-12-9-18(10-13-20)6-5-15-26-25(27)24-16-22-21-8-4-3-7-19(21)11-14-23(22)29-24/h3-4,7-14,16-17H,5-6,15H2,1-2H3,(H,26,27). The molecular weight excluding hydrogens is 362 g/mol. The number of amides is 1. The van der Waals surface area contributed by atoms with Gasteiger partial charge in [0.05, 0.1) is 6.10 Å². The summed E-state index contributed by atoms with van der Waals surface area (Å²) in [4.78, 5) is 12.5. The molecule has 0 radical (unpaired) electrons. The van der Waals surface area contributed by atoms with Crippen molar-refractivity contribution in [3.63, 3.8) is 0 Å². The Bertz CT molecular complexity index is 1130. The molecule has 0 fully saturated rings. The number of hydrogen-bond donors (Lipinski definition) is 1. The Morgan fingerprint density at radius 1 is 1.00 bits per heavy atom. The van der Waals surface area contributed by atoms with E-state index in [0.29, 0.717) is 12.3 Å². The lowest BCUT2D eigenvalue weighted by Crippen LogP contribution is -2.24. The first-order chi connectivity index (χ1) is 14.1. The summed E-state index contributed by atoms with van der Waals surface area (Å²) in [6.07, 6.45) is 1.93. The zero-order valence-electron chi connectivity index (χ0n) is 16.8. The van der Waals surface area contributed by atoms with Crippen molar-refractivity contribution >= 4 is 27.6 Å². The van der Waals surface area contributed by atoms with Gasteiger partial charge in [0.1, 0.15) is 11.3 Å². The van der Waals surface area contributed by atoms with E-state index in [1.807, 2.05) is 62.4 Å². The molecule has 1 aromatic heterocycles. The molecule has 0 aliphatic rings. The summed E-state index contributed by atoms with van der Waals surface area (Å²) in [6, 6.07) is 22.0. The van der Waals surface area contributed by atoms with Crippen LogP contribution in [0.3, 0.4) is 0 Å². The van der Waals surface area contributed by atoms with Crippen molar-refractivity contribution in [2.75, 3.05) is 6.54 Å². The van der Waals surface area contributed by atoms with Crippen molar-refractivity contribution in [3.05, 3.63) is 78.1 Å². The molecule has 1 N–H and O–H groups in total. The highest BCUT2D eigenvalue weighted by Gasteiger charge is 2.13. The molecule has 1 heterocycles. The van der Waals surface area contributed by atoms with Crippen molar-refractivity contribution in [3.8, 4) is 5.75 Å². The first-order valence-electron chi connectivity index (χ1n) is 10.1.